The monoisotopic (exact) mass is 484 g/mol. The summed E-state index contributed by atoms with van der Waals surface area (Å²) in [5, 5.41) is 9.67. The summed E-state index contributed by atoms with van der Waals surface area (Å²) >= 11 is 0. The molecule has 1 saturated heterocycles. The number of aryl methyl sites for hydroxylation is 2. The molecule has 2 amide bonds. The Morgan fingerprint density at radius 3 is 2.40 bits per heavy atom. The van der Waals surface area contributed by atoms with Crippen LogP contribution in [0.15, 0.2) is 35.6 Å². The van der Waals surface area contributed by atoms with Crippen LogP contribution in [-0.2, 0) is 7.05 Å². The second kappa shape index (κ2) is 9.01. The summed E-state index contributed by atoms with van der Waals surface area (Å²) in [5.41, 5.74) is 1.81. The summed E-state index contributed by atoms with van der Waals surface area (Å²) in [7, 11) is 1.72. The van der Waals surface area contributed by atoms with Crippen LogP contribution >= 0.6 is 0 Å². The van der Waals surface area contributed by atoms with E-state index in [0.29, 0.717) is 49.8 Å². The molecule has 1 atom stereocenters. The molecule has 12 heteroatoms. The molecular weight excluding hydrogens is 461 g/mol. The van der Waals surface area contributed by atoms with E-state index in [9.17, 15) is 18.0 Å². The number of hydrazone groups is 1. The third-order valence-corrected chi connectivity index (χ3v) is 6.10. The number of benzene rings is 1. The predicted octanol–water partition coefficient (Wildman–Crippen LogP) is 3.28. The smallest absolute Gasteiger partial charge is 0.337 e. The number of aromatic nitrogens is 4. The molecule has 0 radical (unpaired) electrons. The molecule has 0 saturated carbocycles. The van der Waals surface area contributed by atoms with Crippen molar-refractivity contribution in [2.45, 2.75) is 19.4 Å². The number of carbonyl (C=O) groups is 1. The van der Waals surface area contributed by atoms with Crippen molar-refractivity contribution in [2.24, 2.45) is 12.1 Å². The zero-order chi connectivity index (χ0) is 24.7. The van der Waals surface area contributed by atoms with Crippen molar-refractivity contribution in [3.63, 3.8) is 0 Å². The molecule has 4 heterocycles. The van der Waals surface area contributed by atoms with Crippen LogP contribution < -0.4 is 4.90 Å². The molecule has 2 aliphatic rings. The second-order valence-electron chi connectivity index (χ2n) is 8.51. The van der Waals surface area contributed by atoms with E-state index in [-0.39, 0.29) is 11.7 Å². The van der Waals surface area contributed by atoms with Gasteiger partial charge in [0.25, 0.3) is 0 Å². The van der Waals surface area contributed by atoms with Gasteiger partial charge in [-0.2, -0.15) is 10.2 Å². The Morgan fingerprint density at radius 2 is 1.74 bits per heavy atom. The van der Waals surface area contributed by atoms with Crippen molar-refractivity contribution in [2.75, 3.05) is 31.1 Å². The maximum Gasteiger partial charge on any atom is 0.341 e. The first kappa shape index (κ1) is 22.8. The van der Waals surface area contributed by atoms with Gasteiger partial charge in [-0.15, -0.1) is 0 Å². The topological polar surface area (TPSA) is 82.8 Å². The van der Waals surface area contributed by atoms with Crippen LogP contribution in [0.2, 0.25) is 0 Å². The standard InChI is InChI=1S/C23H23F3N8O/c1-14-9-20(31(2)30-14)21-18(26)13-27-22(29-21)32-5-7-33(8-6-32)23(35)34-19(3-4-28-34)15-10-16(24)12-17(25)11-15/h4,9-13,19H,3,5-8H2,1-2H3/t19-/m0/s1. The van der Waals surface area contributed by atoms with E-state index < -0.39 is 23.5 Å². The van der Waals surface area contributed by atoms with Gasteiger partial charge in [0.15, 0.2) is 5.82 Å². The number of carbonyl (C=O) groups excluding carboxylic acids is 1. The number of anilines is 1. The zero-order valence-corrected chi connectivity index (χ0v) is 19.2. The number of nitrogens with zero attached hydrogens (tertiary/aromatic N) is 8. The van der Waals surface area contributed by atoms with E-state index in [0.717, 1.165) is 18.0 Å². The van der Waals surface area contributed by atoms with Crippen LogP contribution in [0.5, 0.6) is 0 Å². The number of rotatable bonds is 3. The molecule has 35 heavy (non-hydrogen) atoms. The lowest BCUT2D eigenvalue weighted by Crippen LogP contribution is -2.52. The minimum Gasteiger partial charge on any atom is -0.337 e. The highest BCUT2D eigenvalue weighted by Crippen LogP contribution is 2.31. The van der Waals surface area contributed by atoms with Gasteiger partial charge in [0.05, 0.1) is 23.6 Å². The molecule has 3 aromatic rings. The molecule has 5 rings (SSSR count). The lowest BCUT2D eigenvalue weighted by Gasteiger charge is -2.37. The fourth-order valence-corrected chi connectivity index (χ4v) is 4.41. The number of halogens is 3. The molecule has 0 unspecified atom stereocenters. The maximum absolute atomic E-state index is 14.5. The van der Waals surface area contributed by atoms with Crippen LogP contribution in [0.1, 0.15) is 23.7 Å². The van der Waals surface area contributed by atoms with Gasteiger partial charge in [-0.1, -0.05) is 0 Å². The normalized spacial score (nSPS) is 18.0. The highest BCUT2D eigenvalue weighted by Gasteiger charge is 2.34. The first-order valence-electron chi connectivity index (χ1n) is 11.1. The van der Waals surface area contributed by atoms with Gasteiger partial charge in [0, 0.05) is 51.9 Å². The Hall–Kier alpha value is -3.96. The molecule has 1 fully saturated rings. The quantitative estimate of drug-likeness (QED) is 0.570. The molecule has 0 aliphatic carbocycles. The van der Waals surface area contributed by atoms with E-state index >= 15 is 0 Å². The Kier molecular flexibility index (Phi) is 5.87. The van der Waals surface area contributed by atoms with Crippen LogP contribution in [0.4, 0.5) is 23.9 Å². The van der Waals surface area contributed by atoms with Crippen molar-refractivity contribution >= 4 is 18.2 Å². The Balaban J connectivity index is 1.28. The molecule has 2 aromatic heterocycles. The lowest BCUT2D eigenvalue weighted by molar-refractivity contribution is 0.139. The molecule has 1 aromatic carbocycles. The molecular formula is C23H23F3N8O. The molecule has 0 spiro atoms. The number of hydrogen-bond donors (Lipinski definition) is 0. The number of hydrogen-bond acceptors (Lipinski definition) is 6. The lowest BCUT2D eigenvalue weighted by atomic mass is 10.0. The summed E-state index contributed by atoms with van der Waals surface area (Å²) in [5.74, 6) is -1.59. The minimum atomic E-state index is -0.701. The van der Waals surface area contributed by atoms with Crippen molar-refractivity contribution in [3.05, 3.63) is 59.2 Å². The summed E-state index contributed by atoms with van der Waals surface area (Å²) in [6.07, 6.45) is 3.07. The van der Waals surface area contributed by atoms with Crippen molar-refractivity contribution in [1.82, 2.24) is 29.7 Å². The molecule has 0 N–H and O–H groups in total. The van der Waals surface area contributed by atoms with Gasteiger partial charge in [0.2, 0.25) is 5.95 Å². The summed E-state index contributed by atoms with van der Waals surface area (Å²) in [6, 6.07) is 4.06. The largest absolute Gasteiger partial charge is 0.341 e. The predicted molar refractivity (Wildman–Crippen MR) is 122 cm³/mol. The van der Waals surface area contributed by atoms with Gasteiger partial charge < -0.3 is 9.80 Å². The minimum absolute atomic E-state index is 0.160. The third kappa shape index (κ3) is 4.43. The molecule has 182 valence electrons. The zero-order valence-electron chi connectivity index (χ0n) is 19.2. The van der Waals surface area contributed by atoms with Crippen LogP contribution in [0, 0.1) is 24.4 Å². The first-order valence-corrected chi connectivity index (χ1v) is 11.1. The summed E-state index contributed by atoms with van der Waals surface area (Å²) in [6.45, 7) is 3.39. The Labute approximate surface area is 199 Å². The Bertz CT molecular complexity index is 1280. The van der Waals surface area contributed by atoms with Crippen LogP contribution in [0.3, 0.4) is 0 Å². The fourth-order valence-electron chi connectivity index (χ4n) is 4.41. The van der Waals surface area contributed by atoms with E-state index in [1.54, 1.807) is 28.9 Å². The molecule has 9 nitrogen and oxygen atoms in total. The van der Waals surface area contributed by atoms with Gasteiger partial charge in [-0.05, 0) is 30.7 Å². The first-order chi connectivity index (χ1) is 16.8. The van der Waals surface area contributed by atoms with Crippen molar-refractivity contribution < 1.29 is 18.0 Å². The third-order valence-electron chi connectivity index (χ3n) is 6.10. The van der Waals surface area contributed by atoms with E-state index in [1.165, 1.54) is 17.1 Å². The van der Waals surface area contributed by atoms with E-state index in [2.05, 4.69) is 20.2 Å². The van der Waals surface area contributed by atoms with E-state index in [1.807, 2.05) is 11.8 Å². The summed E-state index contributed by atoms with van der Waals surface area (Å²) < 4.78 is 43.5. The van der Waals surface area contributed by atoms with Crippen molar-refractivity contribution in [1.29, 1.82) is 0 Å². The maximum atomic E-state index is 14.5. The Morgan fingerprint density at radius 1 is 1.03 bits per heavy atom. The van der Waals surface area contributed by atoms with E-state index in [4.69, 9.17) is 0 Å². The molecule has 0 bridgehead atoms. The van der Waals surface area contributed by atoms with Crippen LogP contribution in [0.25, 0.3) is 11.4 Å². The number of piperazine rings is 1. The van der Waals surface area contributed by atoms with Gasteiger partial charge >= 0.3 is 6.03 Å². The van der Waals surface area contributed by atoms with Crippen molar-refractivity contribution in [3.8, 4) is 11.4 Å². The van der Waals surface area contributed by atoms with Gasteiger partial charge in [0.1, 0.15) is 17.3 Å². The second-order valence-corrected chi connectivity index (χ2v) is 8.51. The summed E-state index contributed by atoms with van der Waals surface area (Å²) in [4.78, 5) is 25.2. The highest BCUT2D eigenvalue weighted by atomic mass is 19.1. The average Bonchev–Trinajstić information content (AvgIpc) is 3.44. The SMILES string of the molecule is Cc1cc(-c2nc(N3CCN(C(=O)N4N=CC[C@H]4c4cc(F)cc(F)c4)CC3)ncc2F)n(C)n1. The van der Waals surface area contributed by atoms with Crippen LogP contribution in [-0.4, -0.2) is 68.1 Å². The number of amides is 2. The molecule has 2 aliphatic heterocycles. The average molecular weight is 484 g/mol. The fraction of sp³-hybridized carbons (Fsp3) is 0.348. The highest BCUT2D eigenvalue weighted by molar-refractivity contribution is 5.78. The number of urea groups is 1. The van der Waals surface area contributed by atoms with Gasteiger partial charge in [-0.3, -0.25) is 4.68 Å². The van der Waals surface area contributed by atoms with Gasteiger partial charge in [-0.25, -0.2) is 32.9 Å².